The van der Waals surface area contributed by atoms with Crippen molar-refractivity contribution in [3.8, 4) is 5.69 Å². The van der Waals surface area contributed by atoms with Gasteiger partial charge in [0.25, 0.3) is 0 Å². The molecule has 0 saturated heterocycles. The summed E-state index contributed by atoms with van der Waals surface area (Å²) >= 11 is 0. The topological polar surface area (TPSA) is 56.7 Å². The summed E-state index contributed by atoms with van der Waals surface area (Å²) in [6.07, 6.45) is 4.79. The van der Waals surface area contributed by atoms with E-state index in [0.29, 0.717) is 5.82 Å². The average Bonchev–Trinajstić information content (AvgIpc) is 2.66. The number of nitrogens with zero attached hydrogens (tertiary/aromatic N) is 3. The predicted molar refractivity (Wildman–Crippen MR) is 59.9 cm³/mol. The Kier molecular flexibility index (Phi) is 2.41. The summed E-state index contributed by atoms with van der Waals surface area (Å²) in [6.45, 7) is 4.01. The Balaban J connectivity index is 2.44. The Hall–Kier alpha value is -1.84. The third-order valence-corrected chi connectivity index (χ3v) is 2.33. The van der Waals surface area contributed by atoms with Gasteiger partial charge in [-0.05, 0) is 31.0 Å². The van der Waals surface area contributed by atoms with Crippen molar-refractivity contribution in [3.05, 3.63) is 35.8 Å². The summed E-state index contributed by atoms with van der Waals surface area (Å²) in [5.41, 5.74) is 8.77. The average molecular weight is 202 g/mol. The van der Waals surface area contributed by atoms with Crippen LogP contribution in [0.4, 0.5) is 5.82 Å². The Morgan fingerprint density at radius 1 is 1.40 bits per heavy atom. The molecule has 0 unspecified atom stereocenters. The van der Waals surface area contributed by atoms with Crippen molar-refractivity contribution in [2.75, 3.05) is 5.73 Å². The van der Waals surface area contributed by atoms with Crippen molar-refractivity contribution in [2.24, 2.45) is 0 Å². The van der Waals surface area contributed by atoms with Gasteiger partial charge in [-0.25, -0.2) is 9.67 Å². The number of hydrogen-bond acceptors (Lipinski definition) is 3. The third kappa shape index (κ3) is 1.83. The minimum absolute atomic E-state index is 0.515. The van der Waals surface area contributed by atoms with Crippen LogP contribution in [0.15, 0.2) is 24.5 Å². The van der Waals surface area contributed by atoms with Crippen molar-refractivity contribution < 1.29 is 0 Å². The molecule has 4 heteroatoms. The van der Waals surface area contributed by atoms with Gasteiger partial charge in [0, 0.05) is 11.9 Å². The zero-order chi connectivity index (χ0) is 10.8. The van der Waals surface area contributed by atoms with Gasteiger partial charge in [-0.2, -0.15) is 5.10 Å². The summed E-state index contributed by atoms with van der Waals surface area (Å²) in [5.74, 6) is 0.515. The first-order valence-electron chi connectivity index (χ1n) is 4.97. The number of aromatic nitrogens is 3. The largest absolute Gasteiger partial charge is 0.382 e. The van der Waals surface area contributed by atoms with Crippen molar-refractivity contribution in [3.63, 3.8) is 0 Å². The van der Waals surface area contributed by atoms with Crippen molar-refractivity contribution in [2.45, 2.75) is 20.3 Å². The van der Waals surface area contributed by atoms with Gasteiger partial charge in [0.1, 0.15) is 11.5 Å². The van der Waals surface area contributed by atoms with Crippen LogP contribution in [0.5, 0.6) is 0 Å². The maximum Gasteiger partial charge on any atom is 0.149 e. The fourth-order valence-electron chi connectivity index (χ4n) is 1.44. The molecule has 0 aliphatic heterocycles. The van der Waals surface area contributed by atoms with Crippen LogP contribution in [-0.2, 0) is 6.42 Å². The van der Waals surface area contributed by atoms with E-state index in [1.54, 1.807) is 4.68 Å². The van der Waals surface area contributed by atoms with Crippen LogP contribution in [0, 0.1) is 6.92 Å². The summed E-state index contributed by atoms with van der Waals surface area (Å²) in [4.78, 5) is 4.20. The minimum atomic E-state index is 0.515. The molecule has 2 rings (SSSR count). The second-order valence-corrected chi connectivity index (χ2v) is 3.50. The molecule has 0 atom stereocenters. The highest BCUT2D eigenvalue weighted by atomic mass is 15.3. The van der Waals surface area contributed by atoms with Crippen molar-refractivity contribution in [1.29, 1.82) is 0 Å². The van der Waals surface area contributed by atoms with E-state index in [2.05, 4.69) is 17.0 Å². The Morgan fingerprint density at radius 3 is 2.80 bits per heavy atom. The van der Waals surface area contributed by atoms with Gasteiger partial charge in [0.2, 0.25) is 0 Å². The number of hydrogen-bond donors (Lipinski definition) is 1. The first-order chi connectivity index (χ1) is 7.20. The van der Waals surface area contributed by atoms with Crippen LogP contribution in [0.25, 0.3) is 5.69 Å². The SMILES string of the molecule is CCc1cnn(-c2ccc(C)nc2N)c1. The second-order valence-electron chi connectivity index (χ2n) is 3.50. The lowest BCUT2D eigenvalue weighted by molar-refractivity contribution is 0.874. The van der Waals surface area contributed by atoms with Gasteiger partial charge >= 0.3 is 0 Å². The lowest BCUT2D eigenvalue weighted by atomic mass is 10.3. The molecule has 0 spiro atoms. The normalized spacial score (nSPS) is 10.5. The molecule has 2 aromatic heterocycles. The highest BCUT2D eigenvalue weighted by Gasteiger charge is 2.04. The third-order valence-electron chi connectivity index (χ3n) is 2.33. The number of aryl methyl sites for hydroxylation is 2. The fourth-order valence-corrected chi connectivity index (χ4v) is 1.44. The molecule has 2 aromatic rings. The van der Waals surface area contributed by atoms with Gasteiger partial charge in [-0.15, -0.1) is 0 Å². The van der Waals surface area contributed by atoms with E-state index < -0.39 is 0 Å². The fraction of sp³-hybridized carbons (Fsp3) is 0.273. The maximum atomic E-state index is 5.83. The molecule has 78 valence electrons. The highest BCUT2D eigenvalue weighted by molar-refractivity contribution is 5.52. The number of nitrogens with two attached hydrogens (primary N) is 1. The molecule has 2 heterocycles. The molecule has 0 saturated carbocycles. The van der Waals surface area contributed by atoms with Gasteiger partial charge in [0.15, 0.2) is 0 Å². The molecule has 0 aliphatic carbocycles. The van der Waals surface area contributed by atoms with E-state index >= 15 is 0 Å². The number of anilines is 1. The Morgan fingerprint density at radius 2 is 2.20 bits per heavy atom. The molecule has 0 amide bonds. The quantitative estimate of drug-likeness (QED) is 0.806. The first-order valence-corrected chi connectivity index (χ1v) is 4.97. The first kappa shape index (κ1) is 9.71. The highest BCUT2D eigenvalue weighted by Crippen LogP contribution is 2.15. The van der Waals surface area contributed by atoms with Crippen LogP contribution in [0.2, 0.25) is 0 Å². The zero-order valence-electron chi connectivity index (χ0n) is 8.94. The molecule has 0 fully saturated rings. The second kappa shape index (κ2) is 3.73. The van der Waals surface area contributed by atoms with Crippen LogP contribution in [0.3, 0.4) is 0 Å². The minimum Gasteiger partial charge on any atom is -0.382 e. The summed E-state index contributed by atoms with van der Waals surface area (Å²) in [6, 6.07) is 3.86. The van der Waals surface area contributed by atoms with E-state index in [9.17, 15) is 0 Å². The van der Waals surface area contributed by atoms with E-state index in [-0.39, 0.29) is 0 Å². The number of nitrogen functional groups attached to an aromatic ring is 1. The van der Waals surface area contributed by atoms with E-state index in [4.69, 9.17) is 5.73 Å². The lowest BCUT2D eigenvalue weighted by Gasteiger charge is -2.04. The van der Waals surface area contributed by atoms with Crippen LogP contribution >= 0.6 is 0 Å². The van der Waals surface area contributed by atoms with Gasteiger partial charge in [-0.1, -0.05) is 6.92 Å². The lowest BCUT2D eigenvalue weighted by Crippen LogP contribution is -2.03. The van der Waals surface area contributed by atoms with Crippen molar-refractivity contribution >= 4 is 5.82 Å². The maximum absolute atomic E-state index is 5.83. The standard InChI is InChI=1S/C11H14N4/c1-3-9-6-13-15(7-9)10-5-4-8(2)14-11(10)12/h4-7H,3H2,1-2H3,(H2,12,14). The smallest absolute Gasteiger partial charge is 0.149 e. The Labute approximate surface area is 88.8 Å². The Bertz CT molecular complexity index is 473. The van der Waals surface area contributed by atoms with Crippen molar-refractivity contribution in [1.82, 2.24) is 14.8 Å². The van der Waals surface area contributed by atoms with Gasteiger partial charge in [0.05, 0.1) is 6.20 Å². The number of pyridine rings is 1. The predicted octanol–water partition coefficient (Wildman–Crippen LogP) is 1.72. The molecular formula is C11H14N4. The molecule has 15 heavy (non-hydrogen) atoms. The molecule has 0 bridgehead atoms. The molecular weight excluding hydrogens is 188 g/mol. The molecule has 0 aromatic carbocycles. The summed E-state index contributed by atoms with van der Waals surface area (Å²) < 4.78 is 1.76. The summed E-state index contributed by atoms with van der Waals surface area (Å²) in [7, 11) is 0. The molecule has 0 radical (unpaired) electrons. The van der Waals surface area contributed by atoms with E-state index in [1.165, 1.54) is 5.56 Å². The molecule has 0 aliphatic rings. The monoisotopic (exact) mass is 202 g/mol. The molecule has 2 N–H and O–H groups in total. The summed E-state index contributed by atoms with van der Waals surface area (Å²) in [5, 5.41) is 4.24. The van der Waals surface area contributed by atoms with E-state index in [1.807, 2.05) is 31.5 Å². The van der Waals surface area contributed by atoms with Gasteiger partial charge in [-0.3, -0.25) is 0 Å². The number of rotatable bonds is 2. The van der Waals surface area contributed by atoms with E-state index in [0.717, 1.165) is 17.8 Å². The van der Waals surface area contributed by atoms with Gasteiger partial charge < -0.3 is 5.73 Å². The zero-order valence-corrected chi connectivity index (χ0v) is 8.94. The van der Waals surface area contributed by atoms with Crippen LogP contribution < -0.4 is 5.73 Å². The van der Waals surface area contributed by atoms with Crippen LogP contribution in [-0.4, -0.2) is 14.8 Å². The molecule has 4 nitrogen and oxygen atoms in total. The van der Waals surface area contributed by atoms with Crippen LogP contribution in [0.1, 0.15) is 18.2 Å².